The van der Waals surface area contributed by atoms with Gasteiger partial charge in [0.05, 0.1) is 11.0 Å². The number of aromatic nitrogens is 2. The van der Waals surface area contributed by atoms with Crippen molar-refractivity contribution in [3.05, 3.63) is 23.8 Å². The zero-order chi connectivity index (χ0) is 11.8. The summed E-state index contributed by atoms with van der Waals surface area (Å²) in [7, 11) is 0. The fourth-order valence-corrected chi connectivity index (χ4v) is 2.58. The van der Waals surface area contributed by atoms with E-state index in [-0.39, 0.29) is 0 Å². The summed E-state index contributed by atoms with van der Waals surface area (Å²) in [6.07, 6.45) is 5.44. The summed E-state index contributed by atoms with van der Waals surface area (Å²) in [4.78, 5) is 4.42. The Bertz CT molecular complexity index is 538. The molecule has 0 radical (unpaired) electrons. The van der Waals surface area contributed by atoms with Crippen molar-refractivity contribution >= 4 is 17.0 Å². The highest BCUT2D eigenvalue weighted by Crippen LogP contribution is 2.30. The number of nitrogen functional groups attached to an aromatic ring is 1. The first-order valence-corrected chi connectivity index (χ1v) is 6.46. The number of fused-ring (bicyclic) bond motifs is 1. The van der Waals surface area contributed by atoms with Crippen molar-refractivity contribution in [1.29, 1.82) is 0 Å². The normalized spacial score (nSPS) is 16.3. The SMILES string of the molecule is Cc1ccc2nc(N)n(CCC3CCC3)c2c1. The molecule has 0 bridgehead atoms. The largest absolute Gasteiger partial charge is 0.369 e. The molecule has 17 heavy (non-hydrogen) atoms. The van der Waals surface area contributed by atoms with Crippen LogP contribution in [0.3, 0.4) is 0 Å². The third-order valence-electron chi connectivity index (χ3n) is 3.92. The molecule has 0 aliphatic heterocycles. The minimum atomic E-state index is 0.657. The number of benzene rings is 1. The standard InChI is InChI=1S/C14H19N3/c1-10-5-6-12-13(9-10)17(14(15)16-12)8-7-11-3-2-4-11/h5-6,9,11H,2-4,7-8H2,1H3,(H2,15,16). The van der Waals surface area contributed by atoms with Crippen LogP contribution in [0.5, 0.6) is 0 Å². The molecule has 2 aromatic rings. The van der Waals surface area contributed by atoms with Gasteiger partial charge in [0.1, 0.15) is 0 Å². The molecule has 1 aromatic carbocycles. The molecule has 0 amide bonds. The zero-order valence-electron chi connectivity index (χ0n) is 10.3. The van der Waals surface area contributed by atoms with E-state index in [1.54, 1.807) is 0 Å². The number of nitrogens with two attached hydrogens (primary N) is 1. The van der Waals surface area contributed by atoms with Gasteiger partial charge in [-0.15, -0.1) is 0 Å². The van der Waals surface area contributed by atoms with Crippen molar-refractivity contribution in [2.24, 2.45) is 5.92 Å². The number of hydrogen-bond donors (Lipinski definition) is 1. The second kappa shape index (κ2) is 4.06. The van der Waals surface area contributed by atoms with Gasteiger partial charge in [-0.05, 0) is 37.0 Å². The fourth-order valence-electron chi connectivity index (χ4n) is 2.58. The predicted molar refractivity (Wildman–Crippen MR) is 70.8 cm³/mol. The maximum atomic E-state index is 6.00. The quantitative estimate of drug-likeness (QED) is 0.878. The number of imidazole rings is 1. The Morgan fingerprint density at radius 1 is 1.41 bits per heavy atom. The summed E-state index contributed by atoms with van der Waals surface area (Å²) < 4.78 is 2.17. The molecule has 0 unspecified atom stereocenters. The number of aryl methyl sites for hydroxylation is 2. The molecule has 1 aliphatic rings. The van der Waals surface area contributed by atoms with Crippen LogP contribution in [-0.4, -0.2) is 9.55 Å². The van der Waals surface area contributed by atoms with Crippen molar-refractivity contribution in [2.75, 3.05) is 5.73 Å². The van der Waals surface area contributed by atoms with Gasteiger partial charge in [-0.1, -0.05) is 25.3 Å². The van der Waals surface area contributed by atoms with E-state index < -0.39 is 0 Å². The summed E-state index contributed by atoms with van der Waals surface area (Å²) in [6, 6.07) is 6.32. The highest BCUT2D eigenvalue weighted by Gasteiger charge is 2.18. The van der Waals surface area contributed by atoms with Gasteiger partial charge < -0.3 is 10.3 Å². The van der Waals surface area contributed by atoms with Crippen LogP contribution in [-0.2, 0) is 6.54 Å². The first kappa shape index (κ1) is 10.6. The van der Waals surface area contributed by atoms with Gasteiger partial charge in [-0.2, -0.15) is 0 Å². The summed E-state index contributed by atoms with van der Waals surface area (Å²) in [5, 5.41) is 0. The lowest BCUT2D eigenvalue weighted by atomic mass is 9.83. The van der Waals surface area contributed by atoms with Gasteiger partial charge >= 0.3 is 0 Å². The van der Waals surface area contributed by atoms with Crippen LogP contribution in [0.1, 0.15) is 31.2 Å². The second-order valence-corrected chi connectivity index (χ2v) is 5.20. The fraction of sp³-hybridized carbons (Fsp3) is 0.500. The molecule has 1 heterocycles. The molecule has 1 aliphatic carbocycles. The zero-order valence-corrected chi connectivity index (χ0v) is 10.3. The van der Waals surface area contributed by atoms with Crippen LogP contribution in [0.2, 0.25) is 0 Å². The van der Waals surface area contributed by atoms with Crippen molar-refractivity contribution in [1.82, 2.24) is 9.55 Å². The molecule has 0 saturated heterocycles. The number of anilines is 1. The molecule has 0 atom stereocenters. The van der Waals surface area contributed by atoms with Gasteiger partial charge in [0.15, 0.2) is 0 Å². The third-order valence-corrected chi connectivity index (χ3v) is 3.92. The molecule has 2 N–H and O–H groups in total. The first-order valence-electron chi connectivity index (χ1n) is 6.46. The third kappa shape index (κ3) is 1.90. The smallest absolute Gasteiger partial charge is 0.201 e. The van der Waals surface area contributed by atoms with Gasteiger partial charge in [-0.25, -0.2) is 4.98 Å². The molecule has 0 spiro atoms. The Labute approximate surface area is 102 Å². The van der Waals surface area contributed by atoms with Gasteiger partial charge in [0.2, 0.25) is 5.95 Å². The van der Waals surface area contributed by atoms with Crippen molar-refractivity contribution < 1.29 is 0 Å². The van der Waals surface area contributed by atoms with Crippen molar-refractivity contribution in [3.63, 3.8) is 0 Å². The van der Waals surface area contributed by atoms with E-state index in [0.717, 1.165) is 18.0 Å². The van der Waals surface area contributed by atoms with E-state index in [0.29, 0.717) is 5.95 Å². The monoisotopic (exact) mass is 229 g/mol. The summed E-state index contributed by atoms with van der Waals surface area (Å²) in [5.41, 5.74) is 9.46. The van der Waals surface area contributed by atoms with Gasteiger partial charge in [-0.3, -0.25) is 0 Å². The molecule has 3 nitrogen and oxygen atoms in total. The van der Waals surface area contributed by atoms with Crippen LogP contribution >= 0.6 is 0 Å². The maximum Gasteiger partial charge on any atom is 0.201 e. The average Bonchev–Trinajstić information content (AvgIpc) is 2.53. The minimum absolute atomic E-state index is 0.657. The van der Waals surface area contributed by atoms with Crippen LogP contribution in [0.15, 0.2) is 18.2 Å². The van der Waals surface area contributed by atoms with E-state index in [9.17, 15) is 0 Å². The molecule has 90 valence electrons. The lowest BCUT2D eigenvalue weighted by molar-refractivity contribution is 0.284. The lowest BCUT2D eigenvalue weighted by Crippen LogP contribution is -2.14. The van der Waals surface area contributed by atoms with Crippen molar-refractivity contribution in [2.45, 2.75) is 39.2 Å². The highest BCUT2D eigenvalue weighted by molar-refractivity contribution is 5.79. The van der Waals surface area contributed by atoms with E-state index in [1.807, 2.05) is 0 Å². The number of nitrogens with zero attached hydrogens (tertiary/aromatic N) is 2. The van der Waals surface area contributed by atoms with E-state index >= 15 is 0 Å². The van der Waals surface area contributed by atoms with Gasteiger partial charge in [0.25, 0.3) is 0 Å². The molecule has 1 aromatic heterocycles. The molecular formula is C14H19N3. The number of hydrogen-bond acceptors (Lipinski definition) is 2. The van der Waals surface area contributed by atoms with Gasteiger partial charge in [0, 0.05) is 6.54 Å². The minimum Gasteiger partial charge on any atom is -0.369 e. The predicted octanol–water partition coefficient (Wildman–Crippen LogP) is 3.12. The average molecular weight is 229 g/mol. The molecule has 1 saturated carbocycles. The van der Waals surface area contributed by atoms with Crippen LogP contribution < -0.4 is 5.73 Å². The molecule has 3 heteroatoms. The summed E-state index contributed by atoms with van der Waals surface area (Å²) >= 11 is 0. The number of rotatable bonds is 3. The molecule has 3 rings (SSSR count). The molecular weight excluding hydrogens is 210 g/mol. The lowest BCUT2D eigenvalue weighted by Gasteiger charge is -2.25. The Balaban J connectivity index is 1.90. The van der Waals surface area contributed by atoms with Crippen molar-refractivity contribution in [3.8, 4) is 0 Å². The Kier molecular flexibility index (Phi) is 2.54. The van der Waals surface area contributed by atoms with Crippen LogP contribution in [0.25, 0.3) is 11.0 Å². The Hall–Kier alpha value is -1.51. The summed E-state index contributed by atoms with van der Waals surface area (Å²) in [5.74, 6) is 1.57. The van der Waals surface area contributed by atoms with Crippen LogP contribution in [0, 0.1) is 12.8 Å². The highest BCUT2D eigenvalue weighted by atomic mass is 15.1. The maximum absolute atomic E-state index is 6.00. The van der Waals surface area contributed by atoms with Crippen LogP contribution in [0.4, 0.5) is 5.95 Å². The second-order valence-electron chi connectivity index (χ2n) is 5.20. The van der Waals surface area contributed by atoms with E-state index in [2.05, 4.69) is 34.7 Å². The first-order chi connectivity index (χ1) is 8.24. The Morgan fingerprint density at radius 3 is 2.94 bits per heavy atom. The molecule has 1 fully saturated rings. The Morgan fingerprint density at radius 2 is 2.24 bits per heavy atom. The van der Waals surface area contributed by atoms with E-state index in [1.165, 1.54) is 36.8 Å². The summed E-state index contributed by atoms with van der Waals surface area (Å²) in [6.45, 7) is 3.12. The topological polar surface area (TPSA) is 43.8 Å². The van der Waals surface area contributed by atoms with E-state index in [4.69, 9.17) is 5.73 Å².